The smallest absolute Gasteiger partial charge is 0.416 e. The number of carbonyl (C=O) groups is 2. The average Bonchev–Trinajstić information content (AvgIpc) is 3.48. The fourth-order valence-corrected chi connectivity index (χ4v) is 6.70. The van der Waals surface area contributed by atoms with Gasteiger partial charge >= 0.3 is 12.1 Å². The largest absolute Gasteiger partial charge is 0.493 e. The number of ether oxygens (including phenoxy) is 1. The summed E-state index contributed by atoms with van der Waals surface area (Å²) in [6.45, 7) is 2.05. The van der Waals surface area contributed by atoms with Gasteiger partial charge in [0.25, 0.3) is 5.91 Å². The monoisotopic (exact) mass is 594 g/mol. The molecular formula is C30H29F3N6O4. The third kappa shape index (κ3) is 5.23. The number of amides is 1. The molecule has 3 aromatic heterocycles. The first-order chi connectivity index (χ1) is 20.5. The van der Waals surface area contributed by atoms with Crippen LogP contribution in [0.25, 0.3) is 16.8 Å². The maximum absolute atomic E-state index is 13.1. The molecule has 43 heavy (non-hydrogen) atoms. The molecule has 4 atom stereocenters. The second-order valence-corrected chi connectivity index (χ2v) is 11.0. The number of benzene rings is 1. The predicted molar refractivity (Wildman–Crippen MR) is 151 cm³/mol. The van der Waals surface area contributed by atoms with Crippen LogP contribution in [-0.4, -0.2) is 42.9 Å². The Morgan fingerprint density at radius 3 is 2.53 bits per heavy atom. The second-order valence-electron chi connectivity index (χ2n) is 11.0. The van der Waals surface area contributed by atoms with Gasteiger partial charge in [-0.1, -0.05) is 0 Å². The summed E-state index contributed by atoms with van der Waals surface area (Å²) < 4.78 is 47.2. The molecule has 6 rings (SSSR count). The Morgan fingerprint density at radius 1 is 1.12 bits per heavy atom. The molecule has 3 heterocycles. The Labute approximate surface area is 244 Å². The van der Waals surface area contributed by atoms with E-state index in [2.05, 4.69) is 15.3 Å². The number of hydrogen-bond donors (Lipinski definition) is 3. The van der Waals surface area contributed by atoms with E-state index in [1.165, 1.54) is 12.1 Å². The van der Waals surface area contributed by atoms with E-state index in [4.69, 9.17) is 15.5 Å². The van der Waals surface area contributed by atoms with Crippen LogP contribution in [-0.2, 0) is 11.0 Å². The van der Waals surface area contributed by atoms with Gasteiger partial charge in [0.2, 0.25) is 0 Å². The molecule has 2 bridgehead atoms. The van der Waals surface area contributed by atoms with Crippen molar-refractivity contribution in [3.8, 4) is 17.0 Å². The quantitative estimate of drug-likeness (QED) is 0.249. The van der Waals surface area contributed by atoms with E-state index in [1.54, 1.807) is 25.4 Å². The molecule has 2 fully saturated rings. The Hall–Kier alpha value is -4.68. The molecule has 2 aliphatic rings. The van der Waals surface area contributed by atoms with Crippen molar-refractivity contribution in [1.82, 2.24) is 19.4 Å². The van der Waals surface area contributed by atoms with Crippen molar-refractivity contribution in [1.29, 1.82) is 0 Å². The summed E-state index contributed by atoms with van der Waals surface area (Å²) in [6.07, 6.45) is 2.94. The SMILES string of the molecule is CCOc1cc(C(=O)Nc2cc(C(F)(F)F)ccn2)ccc1-c1nc([C@H]2C[C@H]3CC[C@@H](C2)[C@H]3C(=O)O)n2ccnc(N)c12. The van der Waals surface area contributed by atoms with Crippen LogP contribution in [0, 0.1) is 17.8 Å². The minimum absolute atomic E-state index is 0.0247. The fraction of sp³-hybridized carbons (Fsp3) is 0.367. The lowest BCUT2D eigenvalue weighted by Gasteiger charge is -2.32. The minimum Gasteiger partial charge on any atom is -0.493 e. The molecule has 10 nitrogen and oxygen atoms in total. The summed E-state index contributed by atoms with van der Waals surface area (Å²) in [4.78, 5) is 38.0. The van der Waals surface area contributed by atoms with E-state index >= 15 is 0 Å². The number of rotatable bonds is 7. The summed E-state index contributed by atoms with van der Waals surface area (Å²) in [5.41, 5.74) is 7.20. The molecule has 2 aliphatic carbocycles. The molecular weight excluding hydrogens is 565 g/mol. The first kappa shape index (κ1) is 28.4. The number of pyridine rings is 1. The lowest BCUT2D eigenvalue weighted by molar-refractivity contribution is -0.145. The minimum atomic E-state index is -4.58. The number of nitrogens with one attached hydrogen (secondary N) is 1. The van der Waals surface area contributed by atoms with Gasteiger partial charge < -0.3 is 20.9 Å². The van der Waals surface area contributed by atoms with E-state index in [-0.39, 0.29) is 47.5 Å². The molecule has 2 saturated carbocycles. The van der Waals surface area contributed by atoms with Crippen molar-refractivity contribution in [2.75, 3.05) is 17.7 Å². The van der Waals surface area contributed by atoms with Gasteiger partial charge in [0, 0.05) is 35.6 Å². The van der Waals surface area contributed by atoms with Crippen LogP contribution in [0.4, 0.5) is 24.8 Å². The van der Waals surface area contributed by atoms with Crippen LogP contribution in [0.2, 0.25) is 0 Å². The number of anilines is 2. The Bertz CT molecular complexity index is 1710. The number of halogens is 3. The summed E-state index contributed by atoms with van der Waals surface area (Å²) >= 11 is 0. The molecule has 0 spiro atoms. The number of carboxylic acid groups (broad SMARTS) is 1. The zero-order valence-electron chi connectivity index (χ0n) is 23.1. The molecule has 4 N–H and O–H groups in total. The van der Waals surface area contributed by atoms with E-state index in [0.29, 0.717) is 35.4 Å². The van der Waals surface area contributed by atoms with Gasteiger partial charge in [0.15, 0.2) is 0 Å². The van der Waals surface area contributed by atoms with Gasteiger partial charge in [-0.25, -0.2) is 15.0 Å². The third-order valence-corrected chi connectivity index (χ3v) is 8.49. The number of carboxylic acids is 1. The Morgan fingerprint density at radius 2 is 1.86 bits per heavy atom. The maximum atomic E-state index is 13.1. The molecule has 13 heteroatoms. The number of carbonyl (C=O) groups excluding carboxylic acids is 1. The van der Waals surface area contributed by atoms with Crippen LogP contribution >= 0.6 is 0 Å². The number of aromatic nitrogens is 4. The van der Waals surface area contributed by atoms with E-state index < -0.39 is 23.6 Å². The molecule has 0 saturated heterocycles. The topological polar surface area (TPSA) is 145 Å². The van der Waals surface area contributed by atoms with Crippen LogP contribution in [0.3, 0.4) is 0 Å². The van der Waals surface area contributed by atoms with Gasteiger partial charge in [-0.15, -0.1) is 0 Å². The first-order valence-corrected chi connectivity index (χ1v) is 14.0. The molecule has 0 unspecified atom stereocenters. The number of nitrogens with two attached hydrogens (primary N) is 1. The van der Waals surface area contributed by atoms with Crippen molar-refractivity contribution < 1.29 is 32.6 Å². The van der Waals surface area contributed by atoms with Crippen LogP contribution in [0.15, 0.2) is 48.9 Å². The zero-order valence-corrected chi connectivity index (χ0v) is 23.1. The van der Waals surface area contributed by atoms with Gasteiger partial charge in [0.05, 0.1) is 18.1 Å². The lowest BCUT2D eigenvalue weighted by Crippen LogP contribution is -2.31. The predicted octanol–water partition coefficient (Wildman–Crippen LogP) is 5.65. The van der Waals surface area contributed by atoms with Crippen LogP contribution in [0.5, 0.6) is 5.75 Å². The number of fused-ring (bicyclic) bond motifs is 3. The average molecular weight is 595 g/mol. The molecule has 4 aromatic rings. The summed E-state index contributed by atoms with van der Waals surface area (Å²) in [5, 5.41) is 12.2. The lowest BCUT2D eigenvalue weighted by atomic mass is 9.73. The first-order valence-electron chi connectivity index (χ1n) is 14.0. The van der Waals surface area contributed by atoms with Gasteiger partial charge in [-0.05, 0) is 74.8 Å². The Balaban J connectivity index is 1.36. The Kier molecular flexibility index (Phi) is 7.18. The highest BCUT2D eigenvalue weighted by atomic mass is 19.4. The third-order valence-electron chi connectivity index (χ3n) is 8.49. The summed E-state index contributed by atoms with van der Waals surface area (Å²) in [6, 6.07) is 6.27. The zero-order chi connectivity index (χ0) is 30.5. The number of alkyl halides is 3. The van der Waals surface area contributed by atoms with Crippen LogP contribution in [0.1, 0.15) is 60.3 Å². The fourth-order valence-electron chi connectivity index (χ4n) is 6.70. The number of nitrogen functional groups attached to an aromatic ring is 1. The molecule has 1 amide bonds. The van der Waals surface area contributed by atoms with Gasteiger partial charge in [0.1, 0.15) is 34.4 Å². The normalized spacial score (nSPS) is 21.6. The maximum Gasteiger partial charge on any atom is 0.416 e. The van der Waals surface area contributed by atoms with Crippen molar-refractivity contribution in [2.24, 2.45) is 17.8 Å². The number of imidazole rings is 1. The summed E-state index contributed by atoms with van der Waals surface area (Å²) in [7, 11) is 0. The second kappa shape index (κ2) is 10.9. The molecule has 0 radical (unpaired) electrons. The highest BCUT2D eigenvalue weighted by Crippen LogP contribution is 2.52. The van der Waals surface area contributed by atoms with Crippen molar-refractivity contribution >= 4 is 29.0 Å². The van der Waals surface area contributed by atoms with Crippen molar-refractivity contribution in [2.45, 2.75) is 44.7 Å². The van der Waals surface area contributed by atoms with Gasteiger partial charge in [-0.3, -0.25) is 14.0 Å². The molecule has 0 aliphatic heterocycles. The number of nitrogens with zero attached hydrogens (tertiary/aromatic N) is 4. The van der Waals surface area contributed by atoms with Gasteiger partial charge in [-0.2, -0.15) is 13.2 Å². The number of aliphatic carboxylic acids is 1. The van der Waals surface area contributed by atoms with Crippen molar-refractivity contribution in [3.63, 3.8) is 0 Å². The standard InChI is InChI=1S/C30H29F3N6O4/c1-2-43-21-13-17(28(40)37-22-14-19(7-8-35-22)30(31,32)33)5-6-20(21)24-25-26(34)36-9-10-39(25)27(38-24)18-11-15-3-4-16(12-18)23(15)29(41)42/h5-10,13-16,18,23H,2-4,11-12H2,1H3,(H2,34,36)(H,41,42)(H,35,37,40)/t15-,16+,18+,23+. The van der Waals surface area contributed by atoms with Crippen molar-refractivity contribution in [3.05, 3.63) is 65.9 Å². The van der Waals surface area contributed by atoms with E-state index in [1.807, 2.05) is 4.40 Å². The number of hydrogen-bond acceptors (Lipinski definition) is 7. The molecule has 1 aromatic carbocycles. The van der Waals surface area contributed by atoms with Crippen LogP contribution < -0.4 is 15.8 Å². The van der Waals surface area contributed by atoms with E-state index in [9.17, 15) is 27.9 Å². The highest BCUT2D eigenvalue weighted by molar-refractivity contribution is 6.04. The molecule has 224 valence electrons. The summed E-state index contributed by atoms with van der Waals surface area (Å²) in [5.74, 6) is -0.436. The van der Waals surface area contributed by atoms with E-state index in [0.717, 1.165) is 37.0 Å². The highest BCUT2D eigenvalue weighted by Gasteiger charge is 2.47.